The highest BCUT2D eigenvalue weighted by atomic mass is 35.5. The van der Waals surface area contributed by atoms with Crippen LogP contribution in [0, 0.1) is 0 Å². The molecular formula is C14H12Cl2N2O3. The molecule has 0 fully saturated rings. The van der Waals surface area contributed by atoms with E-state index < -0.39 is 0 Å². The van der Waals surface area contributed by atoms with Crippen molar-refractivity contribution in [1.82, 2.24) is 5.32 Å². The molecule has 0 bridgehead atoms. The number of furan rings is 1. The average Bonchev–Trinajstić information content (AvgIpc) is 2.97. The molecule has 110 valence electrons. The lowest BCUT2D eigenvalue weighted by atomic mass is 10.3. The largest absolute Gasteiger partial charge is 0.459 e. The van der Waals surface area contributed by atoms with Crippen molar-refractivity contribution < 1.29 is 14.0 Å². The molecule has 1 heterocycles. The van der Waals surface area contributed by atoms with Gasteiger partial charge in [-0.05, 0) is 30.3 Å². The van der Waals surface area contributed by atoms with E-state index in [1.807, 2.05) is 0 Å². The van der Waals surface area contributed by atoms with Gasteiger partial charge >= 0.3 is 0 Å². The fourth-order valence-electron chi connectivity index (χ4n) is 1.59. The summed E-state index contributed by atoms with van der Waals surface area (Å²) in [6.07, 6.45) is 1.51. The molecule has 0 aliphatic rings. The van der Waals surface area contributed by atoms with Crippen LogP contribution < -0.4 is 10.6 Å². The highest BCUT2D eigenvalue weighted by molar-refractivity contribution is 6.35. The Morgan fingerprint density at radius 3 is 2.71 bits per heavy atom. The summed E-state index contributed by atoms with van der Waals surface area (Å²) in [6, 6.07) is 7.94. The second kappa shape index (κ2) is 7.15. The van der Waals surface area contributed by atoms with E-state index in [1.54, 1.807) is 30.3 Å². The summed E-state index contributed by atoms with van der Waals surface area (Å²) in [7, 11) is 0. The predicted octanol–water partition coefficient (Wildman–Crippen LogP) is 3.35. The van der Waals surface area contributed by atoms with Crippen molar-refractivity contribution in [1.29, 1.82) is 0 Å². The molecule has 0 aliphatic heterocycles. The fourth-order valence-corrected chi connectivity index (χ4v) is 1.93. The second-order valence-electron chi connectivity index (χ2n) is 4.16. The number of anilines is 1. The Hall–Kier alpha value is -1.98. The Bertz CT molecular complexity index is 642. The lowest BCUT2D eigenvalue weighted by molar-refractivity contribution is -0.116. The van der Waals surface area contributed by atoms with Gasteiger partial charge in [-0.15, -0.1) is 0 Å². The molecule has 0 saturated heterocycles. The number of halogens is 2. The third kappa shape index (κ3) is 4.51. The Labute approximate surface area is 131 Å². The molecular weight excluding hydrogens is 315 g/mol. The van der Waals surface area contributed by atoms with Crippen molar-refractivity contribution in [2.45, 2.75) is 6.42 Å². The summed E-state index contributed by atoms with van der Waals surface area (Å²) in [5.74, 6) is -0.444. The molecule has 2 amide bonds. The van der Waals surface area contributed by atoms with E-state index in [0.717, 1.165) is 0 Å². The smallest absolute Gasteiger partial charge is 0.286 e. The van der Waals surface area contributed by atoms with Crippen molar-refractivity contribution in [3.63, 3.8) is 0 Å². The molecule has 2 aromatic rings. The van der Waals surface area contributed by atoms with Crippen molar-refractivity contribution >= 4 is 40.7 Å². The highest BCUT2D eigenvalue weighted by Gasteiger charge is 2.10. The van der Waals surface area contributed by atoms with Gasteiger partial charge in [-0.3, -0.25) is 9.59 Å². The molecule has 1 aromatic heterocycles. The number of nitrogens with one attached hydrogen (secondary N) is 2. The van der Waals surface area contributed by atoms with E-state index in [0.29, 0.717) is 15.7 Å². The van der Waals surface area contributed by atoms with E-state index >= 15 is 0 Å². The van der Waals surface area contributed by atoms with E-state index in [4.69, 9.17) is 27.6 Å². The SMILES string of the molecule is O=C(CCNC(=O)c1ccco1)Nc1cc(Cl)ccc1Cl. The number of carbonyl (C=O) groups is 2. The number of carbonyl (C=O) groups excluding carboxylic acids is 2. The van der Waals surface area contributed by atoms with Gasteiger partial charge in [-0.2, -0.15) is 0 Å². The summed E-state index contributed by atoms with van der Waals surface area (Å²) >= 11 is 11.8. The monoisotopic (exact) mass is 326 g/mol. The van der Waals surface area contributed by atoms with E-state index in [2.05, 4.69) is 10.6 Å². The number of benzene rings is 1. The van der Waals surface area contributed by atoms with Gasteiger partial charge in [0.2, 0.25) is 5.91 Å². The van der Waals surface area contributed by atoms with Crippen molar-refractivity contribution in [2.24, 2.45) is 0 Å². The minimum atomic E-state index is -0.367. The summed E-state index contributed by atoms with van der Waals surface area (Å²) in [5.41, 5.74) is 0.437. The van der Waals surface area contributed by atoms with Crippen LogP contribution in [0.3, 0.4) is 0 Å². The molecule has 0 spiro atoms. The average molecular weight is 327 g/mol. The van der Waals surface area contributed by atoms with Crippen LogP contribution in [0.2, 0.25) is 10.0 Å². The molecule has 2 N–H and O–H groups in total. The number of hydrogen-bond donors (Lipinski definition) is 2. The van der Waals surface area contributed by atoms with Crippen LogP contribution in [0.4, 0.5) is 5.69 Å². The molecule has 0 aliphatic carbocycles. The summed E-state index contributed by atoms with van der Waals surface area (Å²) in [6.45, 7) is 0.184. The number of amides is 2. The highest BCUT2D eigenvalue weighted by Crippen LogP contribution is 2.25. The lowest BCUT2D eigenvalue weighted by Gasteiger charge is -2.08. The van der Waals surface area contributed by atoms with E-state index in [-0.39, 0.29) is 30.5 Å². The van der Waals surface area contributed by atoms with Gasteiger partial charge in [0.1, 0.15) is 0 Å². The second-order valence-corrected chi connectivity index (χ2v) is 5.00. The van der Waals surface area contributed by atoms with Gasteiger partial charge in [-0.25, -0.2) is 0 Å². The molecule has 7 heteroatoms. The maximum absolute atomic E-state index is 11.8. The van der Waals surface area contributed by atoms with Gasteiger partial charge < -0.3 is 15.1 Å². The Balaban J connectivity index is 1.80. The summed E-state index contributed by atoms with van der Waals surface area (Å²) in [5, 5.41) is 6.07. The van der Waals surface area contributed by atoms with Gasteiger partial charge in [0.25, 0.3) is 5.91 Å². The third-order valence-electron chi connectivity index (χ3n) is 2.59. The first-order chi connectivity index (χ1) is 10.1. The summed E-state index contributed by atoms with van der Waals surface area (Å²) in [4.78, 5) is 23.3. The quantitative estimate of drug-likeness (QED) is 0.885. The van der Waals surface area contributed by atoms with Crippen LogP contribution in [0.1, 0.15) is 17.0 Å². The maximum Gasteiger partial charge on any atom is 0.286 e. The third-order valence-corrected chi connectivity index (χ3v) is 3.15. The molecule has 0 unspecified atom stereocenters. The molecule has 1 aromatic carbocycles. The van der Waals surface area contributed by atoms with Crippen molar-refractivity contribution in [3.8, 4) is 0 Å². The first kappa shape index (κ1) is 15.4. The predicted molar refractivity (Wildman–Crippen MR) is 80.7 cm³/mol. The zero-order valence-corrected chi connectivity index (χ0v) is 12.4. The normalized spacial score (nSPS) is 10.2. The van der Waals surface area contributed by atoms with Crippen LogP contribution in [-0.2, 0) is 4.79 Å². The Kier molecular flexibility index (Phi) is 5.25. The minimum absolute atomic E-state index is 0.106. The van der Waals surface area contributed by atoms with Crippen LogP contribution in [-0.4, -0.2) is 18.4 Å². The molecule has 5 nitrogen and oxygen atoms in total. The molecule has 0 radical (unpaired) electrons. The number of hydrogen-bond acceptors (Lipinski definition) is 3. The van der Waals surface area contributed by atoms with Gasteiger partial charge in [-0.1, -0.05) is 23.2 Å². The Morgan fingerprint density at radius 2 is 2.00 bits per heavy atom. The first-order valence-electron chi connectivity index (χ1n) is 6.13. The summed E-state index contributed by atoms with van der Waals surface area (Å²) < 4.78 is 4.93. The standard InChI is InChI=1S/C14H12Cl2N2O3/c15-9-3-4-10(16)11(8-9)18-13(19)5-6-17-14(20)12-2-1-7-21-12/h1-4,7-8H,5-6H2,(H,17,20)(H,18,19). The molecule has 21 heavy (non-hydrogen) atoms. The van der Waals surface area contributed by atoms with E-state index in [1.165, 1.54) is 6.26 Å². The van der Waals surface area contributed by atoms with Crippen LogP contribution in [0.15, 0.2) is 41.0 Å². The zero-order chi connectivity index (χ0) is 15.2. The van der Waals surface area contributed by atoms with Gasteiger partial charge in [0.15, 0.2) is 5.76 Å². The van der Waals surface area contributed by atoms with Crippen LogP contribution >= 0.6 is 23.2 Å². The lowest BCUT2D eigenvalue weighted by Crippen LogP contribution is -2.27. The maximum atomic E-state index is 11.8. The molecule has 2 rings (SSSR count). The van der Waals surface area contributed by atoms with Crippen molar-refractivity contribution in [3.05, 3.63) is 52.4 Å². The number of rotatable bonds is 5. The van der Waals surface area contributed by atoms with Crippen LogP contribution in [0.5, 0.6) is 0 Å². The van der Waals surface area contributed by atoms with E-state index in [9.17, 15) is 9.59 Å². The van der Waals surface area contributed by atoms with Crippen molar-refractivity contribution in [2.75, 3.05) is 11.9 Å². The molecule has 0 atom stereocenters. The zero-order valence-electron chi connectivity index (χ0n) is 10.9. The Morgan fingerprint density at radius 1 is 1.19 bits per heavy atom. The molecule has 0 saturated carbocycles. The fraction of sp³-hybridized carbons (Fsp3) is 0.143. The van der Waals surface area contributed by atoms with Gasteiger partial charge in [0, 0.05) is 18.0 Å². The van der Waals surface area contributed by atoms with Crippen LogP contribution in [0.25, 0.3) is 0 Å². The first-order valence-corrected chi connectivity index (χ1v) is 6.88. The minimum Gasteiger partial charge on any atom is -0.459 e. The van der Waals surface area contributed by atoms with Gasteiger partial charge in [0.05, 0.1) is 17.0 Å². The topological polar surface area (TPSA) is 71.3 Å².